The van der Waals surface area contributed by atoms with Gasteiger partial charge in [0.1, 0.15) is 29.2 Å². The first kappa shape index (κ1) is 34.9. The number of ether oxygens (including phenoxy) is 2. The fraction of sp³-hybridized carbons (Fsp3) is 0.500. The molecule has 11 heteroatoms. The van der Waals surface area contributed by atoms with Gasteiger partial charge in [0.2, 0.25) is 11.8 Å². The van der Waals surface area contributed by atoms with Crippen LogP contribution in [-0.2, 0) is 30.3 Å². The lowest BCUT2D eigenvalue weighted by molar-refractivity contribution is -0.149. The quantitative estimate of drug-likeness (QED) is 0.279. The first-order valence-electron chi connectivity index (χ1n) is 14.3. The smallest absolute Gasteiger partial charge is 0.408 e. The van der Waals surface area contributed by atoms with Crippen LogP contribution in [0.15, 0.2) is 42.5 Å². The molecular weight excluding hydrogens is 554 g/mol. The van der Waals surface area contributed by atoms with Gasteiger partial charge >= 0.3 is 12.1 Å². The number of carbonyl (C=O) groups is 4. The number of para-hydroxylation sites is 1. The van der Waals surface area contributed by atoms with Crippen LogP contribution in [0.5, 0.6) is 11.5 Å². The number of alkyl carbamates (subject to hydrolysis) is 1. The minimum atomic E-state index is -1.34. The standard InChI is InChI=1S/C32H45N3O8/c1-9-42-25(37)17-18-33-28(39)26(23-12-10-11-20(2)27(23)38)35(31(3,4)5)29(40)24(34-30(41)43-32(6,7)8)19-21-13-15-22(36)16-14-21/h10-16,24,26,36,38H,9,17-19H2,1-8H3,(H,33,39)(H,34,41). The maximum atomic E-state index is 14.5. The second kappa shape index (κ2) is 14.8. The Hall–Kier alpha value is -4.28. The predicted molar refractivity (Wildman–Crippen MR) is 161 cm³/mol. The molecule has 11 nitrogen and oxygen atoms in total. The maximum Gasteiger partial charge on any atom is 0.408 e. The Bertz CT molecular complexity index is 1280. The van der Waals surface area contributed by atoms with Gasteiger partial charge in [0.15, 0.2) is 0 Å². The summed E-state index contributed by atoms with van der Waals surface area (Å²) in [5, 5.41) is 26.2. The third-order valence-electron chi connectivity index (χ3n) is 6.33. The highest BCUT2D eigenvalue weighted by atomic mass is 16.6. The van der Waals surface area contributed by atoms with Gasteiger partial charge in [0, 0.05) is 24.1 Å². The van der Waals surface area contributed by atoms with Crippen molar-refractivity contribution >= 4 is 23.9 Å². The Morgan fingerprint density at radius 1 is 0.953 bits per heavy atom. The number of nitrogens with one attached hydrogen (secondary N) is 2. The lowest BCUT2D eigenvalue weighted by atomic mass is 9.93. The molecule has 2 aromatic carbocycles. The Balaban J connectivity index is 2.61. The highest BCUT2D eigenvalue weighted by Gasteiger charge is 2.43. The summed E-state index contributed by atoms with van der Waals surface area (Å²) in [7, 11) is 0. The number of esters is 1. The number of hydrogen-bond acceptors (Lipinski definition) is 8. The molecule has 2 atom stereocenters. The van der Waals surface area contributed by atoms with Gasteiger partial charge in [-0.15, -0.1) is 0 Å². The molecule has 2 rings (SSSR count). The molecule has 0 radical (unpaired) electrons. The summed E-state index contributed by atoms with van der Waals surface area (Å²) in [5.41, 5.74) is -0.531. The van der Waals surface area contributed by atoms with Crippen molar-refractivity contribution in [2.24, 2.45) is 0 Å². The van der Waals surface area contributed by atoms with E-state index in [0.717, 1.165) is 0 Å². The summed E-state index contributed by atoms with van der Waals surface area (Å²) in [4.78, 5) is 54.5. The molecule has 2 unspecified atom stereocenters. The van der Waals surface area contributed by atoms with Crippen molar-refractivity contribution in [2.45, 2.75) is 91.5 Å². The largest absolute Gasteiger partial charge is 0.508 e. The summed E-state index contributed by atoms with van der Waals surface area (Å²) in [5.74, 6) is -1.85. The number of aryl methyl sites for hydroxylation is 1. The molecule has 0 aliphatic rings. The molecule has 0 saturated carbocycles. The zero-order chi connectivity index (χ0) is 32.5. The summed E-state index contributed by atoms with van der Waals surface area (Å²) >= 11 is 0. The third-order valence-corrected chi connectivity index (χ3v) is 6.33. The van der Waals surface area contributed by atoms with Crippen LogP contribution in [-0.4, -0.2) is 69.3 Å². The highest BCUT2D eigenvalue weighted by Crippen LogP contribution is 2.36. The van der Waals surface area contributed by atoms with Crippen LogP contribution in [0.1, 0.15) is 77.6 Å². The lowest BCUT2D eigenvalue weighted by Crippen LogP contribution is -2.59. The van der Waals surface area contributed by atoms with Crippen molar-refractivity contribution in [3.63, 3.8) is 0 Å². The molecule has 0 aliphatic heterocycles. The second-order valence-electron chi connectivity index (χ2n) is 12.2. The van der Waals surface area contributed by atoms with E-state index in [9.17, 15) is 29.4 Å². The zero-order valence-corrected chi connectivity index (χ0v) is 26.3. The third kappa shape index (κ3) is 10.5. The fourth-order valence-electron chi connectivity index (χ4n) is 4.45. The molecule has 4 N–H and O–H groups in total. The van der Waals surface area contributed by atoms with Crippen molar-refractivity contribution < 1.29 is 38.9 Å². The number of amides is 3. The van der Waals surface area contributed by atoms with Crippen molar-refractivity contribution in [1.82, 2.24) is 15.5 Å². The molecule has 43 heavy (non-hydrogen) atoms. The van der Waals surface area contributed by atoms with Crippen LogP contribution in [0.3, 0.4) is 0 Å². The topological polar surface area (TPSA) is 154 Å². The summed E-state index contributed by atoms with van der Waals surface area (Å²) in [6.07, 6.45) is -0.895. The number of phenolic OH excluding ortho intramolecular Hbond substituents is 2. The van der Waals surface area contributed by atoms with Crippen LogP contribution in [0.4, 0.5) is 4.79 Å². The Morgan fingerprint density at radius 2 is 1.58 bits per heavy atom. The van der Waals surface area contributed by atoms with Crippen molar-refractivity contribution in [3.8, 4) is 11.5 Å². The van der Waals surface area contributed by atoms with Crippen molar-refractivity contribution in [1.29, 1.82) is 0 Å². The van der Waals surface area contributed by atoms with Gasteiger partial charge in [-0.1, -0.05) is 30.3 Å². The first-order valence-corrected chi connectivity index (χ1v) is 14.3. The van der Waals surface area contributed by atoms with Gasteiger partial charge in [0.05, 0.1) is 13.0 Å². The van der Waals surface area contributed by atoms with Crippen molar-refractivity contribution in [3.05, 3.63) is 59.2 Å². The van der Waals surface area contributed by atoms with Crippen molar-refractivity contribution in [2.75, 3.05) is 13.2 Å². The normalized spacial score (nSPS) is 12.9. The van der Waals surface area contributed by atoms with E-state index in [1.165, 1.54) is 17.0 Å². The van der Waals surface area contributed by atoms with Gasteiger partial charge in [-0.05, 0) is 78.6 Å². The monoisotopic (exact) mass is 599 g/mol. The summed E-state index contributed by atoms with van der Waals surface area (Å²) in [6, 6.07) is 8.56. The Labute approximate surface area is 253 Å². The number of rotatable bonds is 11. The van der Waals surface area contributed by atoms with Gasteiger partial charge in [-0.3, -0.25) is 14.4 Å². The molecule has 0 saturated heterocycles. The average Bonchev–Trinajstić information content (AvgIpc) is 2.88. The number of hydrogen-bond donors (Lipinski definition) is 4. The molecular formula is C32H45N3O8. The lowest BCUT2D eigenvalue weighted by Gasteiger charge is -2.43. The minimum absolute atomic E-state index is 0.0158. The molecule has 0 aliphatic carbocycles. The summed E-state index contributed by atoms with van der Waals surface area (Å²) < 4.78 is 10.4. The van der Waals surface area contributed by atoms with E-state index in [1.807, 2.05) is 0 Å². The molecule has 2 aromatic rings. The highest BCUT2D eigenvalue weighted by molar-refractivity contribution is 5.93. The zero-order valence-electron chi connectivity index (χ0n) is 26.3. The van der Waals surface area contributed by atoms with E-state index in [-0.39, 0.29) is 43.1 Å². The number of carbonyl (C=O) groups excluding carboxylic acids is 4. The molecule has 0 fully saturated rings. The number of benzene rings is 2. The number of nitrogens with zero attached hydrogens (tertiary/aromatic N) is 1. The van der Waals surface area contributed by atoms with Gasteiger partial charge < -0.3 is 35.2 Å². The van der Waals surface area contributed by atoms with E-state index < -0.39 is 47.1 Å². The van der Waals surface area contributed by atoms with E-state index in [2.05, 4.69) is 10.6 Å². The number of phenols is 2. The molecule has 0 bridgehead atoms. The Morgan fingerprint density at radius 3 is 2.14 bits per heavy atom. The van der Waals surface area contributed by atoms with E-state index in [0.29, 0.717) is 11.1 Å². The second-order valence-corrected chi connectivity index (χ2v) is 12.2. The summed E-state index contributed by atoms with van der Waals surface area (Å²) in [6.45, 7) is 13.8. The van der Waals surface area contributed by atoms with Crippen LogP contribution in [0.25, 0.3) is 0 Å². The number of aromatic hydroxyl groups is 2. The van der Waals surface area contributed by atoms with Crippen LogP contribution in [0, 0.1) is 6.92 Å². The molecule has 3 amide bonds. The maximum absolute atomic E-state index is 14.5. The Kier molecular flexibility index (Phi) is 12.0. The van der Waals surface area contributed by atoms with Crippen LogP contribution >= 0.6 is 0 Å². The van der Waals surface area contributed by atoms with E-state index >= 15 is 0 Å². The van der Waals surface area contributed by atoms with Gasteiger partial charge in [-0.2, -0.15) is 0 Å². The predicted octanol–water partition coefficient (Wildman–Crippen LogP) is 4.28. The first-order chi connectivity index (χ1) is 19.9. The average molecular weight is 600 g/mol. The SMILES string of the molecule is CCOC(=O)CCNC(=O)C(c1cccc(C)c1O)N(C(=O)C(Cc1ccc(O)cc1)NC(=O)OC(C)(C)C)C(C)(C)C. The van der Waals surface area contributed by atoms with E-state index in [4.69, 9.17) is 9.47 Å². The van der Waals surface area contributed by atoms with Gasteiger partial charge in [-0.25, -0.2) is 4.79 Å². The van der Waals surface area contributed by atoms with Crippen LogP contribution in [0.2, 0.25) is 0 Å². The molecule has 0 aromatic heterocycles. The fourth-order valence-corrected chi connectivity index (χ4v) is 4.45. The molecule has 236 valence electrons. The van der Waals surface area contributed by atoms with E-state index in [1.54, 1.807) is 85.7 Å². The van der Waals surface area contributed by atoms with Gasteiger partial charge in [0.25, 0.3) is 0 Å². The minimum Gasteiger partial charge on any atom is -0.508 e. The van der Waals surface area contributed by atoms with Crippen LogP contribution < -0.4 is 10.6 Å². The molecule has 0 heterocycles. The molecule has 0 spiro atoms.